The van der Waals surface area contributed by atoms with Crippen LogP contribution in [0.15, 0.2) is 96.7 Å². The van der Waals surface area contributed by atoms with Crippen LogP contribution < -0.4 is 19.9 Å². The number of rotatable bonds is 6. The Morgan fingerprint density at radius 1 is 0.771 bits per heavy atom. The molecule has 0 bridgehead atoms. The van der Waals surface area contributed by atoms with Gasteiger partial charge in [0.05, 0.1) is 18.4 Å². The number of fused-ring (bicyclic) bond motifs is 1. The van der Waals surface area contributed by atoms with E-state index in [2.05, 4.69) is 5.32 Å². The van der Waals surface area contributed by atoms with Crippen molar-refractivity contribution in [1.29, 1.82) is 0 Å². The average Bonchev–Trinajstić information content (AvgIpc) is 3.12. The maximum Gasteiger partial charge on any atom is 0.282 e. The van der Waals surface area contributed by atoms with Crippen molar-refractivity contribution < 1.29 is 14.3 Å². The van der Waals surface area contributed by atoms with Gasteiger partial charge < -0.3 is 15.0 Å². The number of nitrogens with one attached hydrogen (secondary N) is 1. The highest BCUT2D eigenvalue weighted by Crippen LogP contribution is 2.37. The van der Waals surface area contributed by atoms with E-state index < -0.39 is 5.91 Å². The van der Waals surface area contributed by atoms with Crippen LogP contribution in [0.5, 0.6) is 5.75 Å². The van der Waals surface area contributed by atoms with Crippen molar-refractivity contribution in [2.24, 2.45) is 0 Å². The van der Waals surface area contributed by atoms with Crippen molar-refractivity contribution >= 4 is 45.2 Å². The molecule has 6 heteroatoms. The second-order valence-corrected chi connectivity index (χ2v) is 8.49. The summed E-state index contributed by atoms with van der Waals surface area (Å²) < 4.78 is 5.27. The minimum atomic E-state index is -0.395. The lowest BCUT2D eigenvalue weighted by molar-refractivity contribution is -0.120. The van der Waals surface area contributed by atoms with Gasteiger partial charge in [-0.15, -0.1) is 0 Å². The number of hydrogen-bond acceptors (Lipinski definition) is 5. The van der Waals surface area contributed by atoms with E-state index in [0.29, 0.717) is 22.6 Å². The summed E-state index contributed by atoms with van der Waals surface area (Å²) in [5.74, 6) is -0.0939. The Morgan fingerprint density at radius 3 is 2.14 bits per heavy atom. The number of benzene rings is 4. The molecule has 0 fully saturated rings. The summed E-state index contributed by atoms with van der Waals surface area (Å²) >= 11 is 0. The summed E-state index contributed by atoms with van der Waals surface area (Å²) in [6.45, 7) is 0. The van der Waals surface area contributed by atoms with Crippen molar-refractivity contribution in [3.8, 4) is 5.75 Å². The molecule has 0 unspecified atom stereocenters. The summed E-state index contributed by atoms with van der Waals surface area (Å²) in [7, 11) is 5.52. The first-order valence-electron chi connectivity index (χ1n) is 11.3. The lowest BCUT2D eigenvalue weighted by atomic mass is 10.0. The molecule has 1 N–H and O–H groups in total. The van der Waals surface area contributed by atoms with E-state index in [-0.39, 0.29) is 11.6 Å². The van der Waals surface area contributed by atoms with Crippen LogP contribution in [0, 0.1) is 0 Å². The third kappa shape index (κ3) is 3.99. The van der Waals surface area contributed by atoms with E-state index in [4.69, 9.17) is 4.74 Å². The second kappa shape index (κ2) is 8.99. The van der Waals surface area contributed by atoms with Crippen LogP contribution in [0.3, 0.4) is 0 Å². The van der Waals surface area contributed by atoms with Crippen molar-refractivity contribution in [3.63, 3.8) is 0 Å². The van der Waals surface area contributed by atoms with Gasteiger partial charge in [0, 0.05) is 30.9 Å². The van der Waals surface area contributed by atoms with Gasteiger partial charge in [0.15, 0.2) is 0 Å². The predicted octanol–water partition coefficient (Wildman–Crippen LogP) is 5.31. The Balaban J connectivity index is 1.62. The molecule has 0 saturated heterocycles. The molecule has 1 aliphatic rings. The highest BCUT2D eigenvalue weighted by Gasteiger charge is 2.40. The number of methoxy groups -OCH3 is 1. The number of nitrogens with zero attached hydrogens (tertiary/aromatic N) is 2. The van der Waals surface area contributed by atoms with Crippen molar-refractivity contribution in [3.05, 3.63) is 102 Å². The van der Waals surface area contributed by atoms with Gasteiger partial charge in [-0.2, -0.15) is 0 Å². The smallest absolute Gasteiger partial charge is 0.282 e. The molecule has 2 amide bonds. The molecule has 0 atom stereocenters. The largest absolute Gasteiger partial charge is 0.497 e. The first kappa shape index (κ1) is 22.2. The zero-order valence-electron chi connectivity index (χ0n) is 19.8. The van der Waals surface area contributed by atoms with Crippen LogP contribution in [0.25, 0.3) is 16.3 Å². The quantitative estimate of drug-likeness (QED) is 0.393. The molecule has 6 nitrogen and oxygen atoms in total. The minimum absolute atomic E-state index is 0.241. The van der Waals surface area contributed by atoms with Gasteiger partial charge in [0.25, 0.3) is 11.8 Å². The fraction of sp³-hybridized carbons (Fsp3) is 0.103. The number of anilines is 3. The molecule has 0 aliphatic carbocycles. The van der Waals surface area contributed by atoms with Gasteiger partial charge in [-0.1, -0.05) is 48.5 Å². The minimum Gasteiger partial charge on any atom is -0.497 e. The normalized spacial score (nSPS) is 13.5. The van der Waals surface area contributed by atoms with Crippen LogP contribution in [0.1, 0.15) is 5.56 Å². The first-order chi connectivity index (χ1) is 17.0. The van der Waals surface area contributed by atoms with Gasteiger partial charge in [-0.3, -0.25) is 9.59 Å². The van der Waals surface area contributed by atoms with Gasteiger partial charge in [-0.25, -0.2) is 4.90 Å². The van der Waals surface area contributed by atoms with Crippen molar-refractivity contribution in [2.75, 3.05) is 36.3 Å². The number of hydrogen-bond donors (Lipinski definition) is 1. The predicted molar refractivity (Wildman–Crippen MR) is 141 cm³/mol. The highest BCUT2D eigenvalue weighted by atomic mass is 16.5. The summed E-state index contributed by atoms with van der Waals surface area (Å²) in [5.41, 5.74) is 3.51. The molecule has 1 aliphatic heterocycles. The van der Waals surface area contributed by atoms with Crippen molar-refractivity contribution in [2.45, 2.75) is 0 Å². The third-order valence-corrected chi connectivity index (χ3v) is 6.12. The van der Waals surface area contributed by atoms with Gasteiger partial charge in [0.1, 0.15) is 11.4 Å². The molecule has 4 aromatic carbocycles. The van der Waals surface area contributed by atoms with Gasteiger partial charge in [0.2, 0.25) is 0 Å². The fourth-order valence-corrected chi connectivity index (χ4v) is 4.28. The van der Waals surface area contributed by atoms with E-state index in [9.17, 15) is 9.59 Å². The Kier molecular flexibility index (Phi) is 5.71. The zero-order valence-corrected chi connectivity index (χ0v) is 19.8. The Morgan fingerprint density at radius 2 is 1.46 bits per heavy atom. The molecule has 0 spiro atoms. The standard InChI is InChI=1S/C29H25N3O3/c1-31(2)22-15-13-21(14-16-22)30-27-26(20-11-17-23(35-3)18-12-20)28(33)32(29(27)34)25-10-6-8-19-7-4-5-9-24(19)25/h4-18,30H,1-3H3. The Bertz CT molecular complexity index is 1450. The van der Waals surface area contributed by atoms with Crippen LogP contribution in [-0.2, 0) is 9.59 Å². The molecule has 174 valence electrons. The van der Waals surface area contributed by atoms with E-state index in [0.717, 1.165) is 22.1 Å². The zero-order chi connectivity index (χ0) is 24.5. The molecular formula is C29H25N3O3. The Labute approximate surface area is 204 Å². The molecule has 5 rings (SSSR count). The van der Waals surface area contributed by atoms with E-state index >= 15 is 0 Å². The van der Waals surface area contributed by atoms with Crippen LogP contribution in [-0.4, -0.2) is 33.0 Å². The molecule has 0 saturated carbocycles. The van der Waals surface area contributed by atoms with Crippen LogP contribution >= 0.6 is 0 Å². The molecule has 0 radical (unpaired) electrons. The molecule has 0 aromatic heterocycles. The van der Waals surface area contributed by atoms with E-state index in [1.807, 2.05) is 79.7 Å². The fourth-order valence-electron chi connectivity index (χ4n) is 4.28. The van der Waals surface area contributed by atoms with Gasteiger partial charge in [-0.05, 0) is 53.4 Å². The lowest BCUT2D eigenvalue weighted by Gasteiger charge is -2.18. The molecular weight excluding hydrogens is 438 g/mol. The molecule has 1 heterocycles. The third-order valence-electron chi connectivity index (χ3n) is 6.12. The van der Waals surface area contributed by atoms with E-state index in [1.54, 1.807) is 37.4 Å². The number of carbonyl (C=O) groups excluding carboxylic acids is 2. The average molecular weight is 464 g/mol. The van der Waals surface area contributed by atoms with E-state index in [1.165, 1.54) is 4.90 Å². The monoisotopic (exact) mass is 463 g/mol. The molecule has 35 heavy (non-hydrogen) atoms. The molecule has 4 aromatic rings. The summed E-state index contributed by atoms with van der Waals surface area (Å²) in [6, 6.07) is 28.2. The lowest BCUT2D eigenvalue weighted by Crippen LogP contribution is -2.32. The summed E-state index contributed by atoms with van der Waals surface area (Å²) in [4.78, 5) is 30.9. The summed E-state index contributed by atoms with van der Waals surface area (Å²) in [5, 5.41) is 5.02. The van der Waals surface area contributed by atoms with Gasteiger partial charge >= 0.3 is 0 Å². The number of imide groups is 1. The SMILES string of the molecule is COc1ccc(C2=C(Nc3ccc(N(C)C)cc3)C(=O)N(c3cccc4ccccc34)C2=O)cc1. The topological polar surface area (TPSA) is 61.9 Å². The van der Waals surface area contributed by atoms with Crippen molar-refractivity contribution in [1.82, 2.24) is 0 Å². The number of amides is 2. The van der Waals surface area contributed by atoms with Crippen LogP contribution in [0.4, 0.5) is 17.1 Å². The number of ether oxygens (including phenoxy) is 1. The Hall–Kier alpha value is -4.58. The maximum atomic E-state index is 13.8. The maximum absolute atomic E-state index is 13.8. The summed E-state index contributed by atoms with van der Waals surface area (Å²) in [6.07, 6.45) is 0. The second-order valence-electron chi connectivity index (χ2n) is 8.49. The highest BCUT2D eigenvalue weighted by molar-refractivity contribution is 6.47. The first-order valence-corrected chi connectivity index (χ1v) is 11.3. The number of carbonyl (C=O) groups is 2. The van der Waals surface area contributed by atoms with Crippen LogP contribution in [0.2, 0.25) is 0 Å².